The summed E-state index contributed by atoms with van der Waals surface area (Å²) in [6.45, 7) is 6.99. The SMILES string of the molecule is COc1ccc(N(C2=C3C=CC=C4C=CC5=CC=CC(=C2)C5C43)c2cc(-c3cc4c5c(c3)c3ccccc3n5-c3ccccc3C4(C)C)cc(N(c3ccc(C)cc3)c3cc4cccc5ccc6cccc3c6c54)c2)cc1. The number of fused-ring (bicyclic) bond motifs is 5. The van der Waals surface area contributed by atoms with E-state index in [0.717, 1.165) is 45.4 Å². The number of hydrogen-bond acceptors (Lipinski definition) is 3. The van der Waals surface area contributed by atoms with E-state index in [1.54, 1.807) is 7.11 Å². The number of aromatic nitrogens is 1. The zero-order valence-corrected chi connectivity index (χ0v) is 43.4. The van der Waals surface area contributed by atoms with E-state index < -0.39 is 0 Å². The Hall–Kier alpha value is -9.38. The van der Waals surface area contributed by atoms with Crippen LogP contribution in [0.5, 0.6) is 5.75 Å². The van der Waals surface area contributed by atoms with Crippen molar-refractivity contribution in [2.45, 2.75) is 26.2 Å². The van der Waals surface area contributed by atoms with Crippen LogP contribution < -0.4 is 14.5 Å². The van der Waals surface area contributed by atoms with Crippen LogP contribution in [-0.4, -0.2) is 11.7 Å². The number of aryl methyl sites for hydroxylation is 1. The number of rotatable bonds is 8. The van der Waals surface area contributed by atoms with Gasteiger partial charge >= 0.3 is 0 Å². The van der Waals surface area contributed by atoms with Gasteiger partial charge < -0.3 is 19.1 Å². The van der Waals surface area contributed by atoms with Gasteiger partial charge in [0.2, 0.25) is 0 Å². The number of anilines is 5. The molecule has 4 nitrogen and oxygen atoms in total. The van der Waals surface area contributed by atoms with Crippen LogP contribution in [0.15, 0.2) is 265 Å². The maximum atomic E-state index is 5.85. The van der Waals surface area contributed by atoms with E-state index in [1.165, 1.54) is 104 Å². The van der Waals surface area contributed by atoms with Crippen LogP contribution >= 0.6 is 0 Å². The average molecular weight is 988 g/mol. The Balaban J connectivity index is 1.03. The van der Waals surface area contributed by atoms with Crippen molar-refractivity contribution in [3.05, 3.63) is 281 Å². The summed E-state index contributed by atoms with van der Waals surface area (Å²) < 4.78 is 8.36. The number of ether oxygens (including phenoxy) is 1. The Bertz CT molecular complexity index is 4590. The van der Waals surface area contributed by atoms with Crippen molar-refractivity contribution >= 4 is 82.6 Å². The fraction of sp³-hybridized carbons (Fsp3) is 0.0959. The molecule has 0 N–H and O–H groups in total. The second-order valence-electron chi connectivity index (χ2n) is 22.1. The van der Waals surface area contributed by atoms with Crippen molar-refractivity contribution in [1.29, 1.82) is 0 Å². The van der Waals surface area contributed by atoms with Crippen LogP contribution in [0.4, 0.5) is 28.4 Å². The normalized spacial score (nSPS) is 17.5. The Morgan fingerprint density at radius 3 is 1.97 bits per heavy atom. The summed E-state index contributed by atoms with van der Waals surface area (Å²) in [4.78, 5) is 5.05. The molecule has 10 aromatic carbocycles. The van der Waals surface area contributed by atoms with Gasteiger partial charge in [-0.2, -0.15) is 0 Å². The molecule has 1 aliphatic heterocycles. The summed E-state index contributed by atoms with van der Waals surface area (Å²) >= 11 is 0. The molecule has 0 radical (unpaired) electrons. The van der Waals surface area contributed by atoms with Gasteiger partial charge in [-0.1, -0.05) is 165 Å². The molecule has 5 aliphatic rings. The van der Waals surface area contributed by atoms with Crippen LogP contribution in [0.25, 0.3) is 70.9 Å². The summed E-state index contributed by atoms with van der Waals surface area (Å²) in [5, 5.41) is 10.0. The Morgan fingerprint density at radius 1 is 0.494 bits per heavy atom. The first kappa shape index (κ1) is 44.0. The van der Waals surface area contributed by atoms with E-state index in [9.17, 15) is 0 Å². The molecule has 366 valence electrons. The standard InChI is InChI=1S/C73H53N3O/c1-44-25-31-53(32-26-44)74(66-41-49-17-9-13-45-27-29-47-15-11-20-59(66)70(47)68(45)49)55-37-51(52-39-61-58-19-5-7-23-64(58)76-65-24-8-6-22-62(65)73(2,3)63(40-52)72(61)76)38-56(43-55)75(54-33-35-57(77-4)36-34-54)67-42-50-18-10-14-46-28-30-48-16-12-21-60(67)71(48)69(46)50/h5-43,69,71H,1-4H3. The zero-order chi connectivity index (χ0) is 51.3. The lowest BCUT2D eigenvalue weighted by atomic mass is 9.64. The molecule has 11 aromatic rings. The van der Waals surface area contributed by atoms with Crippen LogP contribution in [-0.2, 0) is 5.41 Å². The molecule has 0 spiro atoms. The molecular weight excluding hydrogens is 935 g/mol. The van der Waals surface area contributed by atoms with Gasteiger partial charge in [0.15, 0.2) is 0 Å². The fourth-order valence-electron chi connectivity index (χ4n) is 14.0. The molecule has 16 rings (SSSR count). The summed E-state index contributed by atoms with van der Waals surface area (Å²) in [5.74, 6) is 1.25. The topological polar surface area (TPSA) is 20.6 Å². The van der Waals surface area contributed by atoms with Gasteiger partial charge in [0.1, 0.15) is 5.75 Å². The van der Waals surface area contributed by atoms with Crippen molar-refractivity contribution < 1.29 is 4.74 Å². The second-order valence-corrected chi connectivity index (χ2v) is 22.1. The molecule has 2 unspecified atom stereocenters. The summed E-state index contributed by atoms with van der Waals surface area (Å²) in [5.41, 5.74) is 21.5. The first-order valence-electron chi connectivity index (χ1n) is 27.0. The minimum Gasteiger partial charge on any atom is -0.497 e. The summed E-state index contributed by atoms with van der Waals surface area (Å²) in [6, 6.07) is 68.6. The Morgan fingerprint density at radius 2 is 1.16 bits per heavy atom. The van der Waals surface area contributed by atoms with Gasteiger partial charge in [0.25, 0.3) is 0 Å². The highest BCUT2D eigenvalue weighted by Gasteiger charge is 2.41. The van der Waals surface area contributed by atoms with Crippen molar-refractivity contribution in [1.82, 2.24) is 4.57 Å². The molecule has 0 saturated heterocycles. The first-order chi connectivity index (χ1) is 37.8. The number of benzene rings is 10. The first-order valence-corrected chi connectivity index (χ1v) is 27.0. The largest absolute Gasteiger partial charge is 0.497 e. The second kappa shape index (κ2) is 16.3. The molecule has 0 amide bonds. The smallest absolute Gasteiger partial charge is 0.119 e. The van der Waals surface area contributed by atoms with E-state index in [0.29, 0.717) is 0 Å². The third kappa shape index (κ3) is 6.39. The number of allylic oxidation sites excluding steroid dienone is 13. The maximum Gasteiger partial charge on any atom is 0.119 e. The van der Waals surface area contributed by atoms with Gasteiger partial charge in [-0.3, -0.25) is 0 Å². The highest BCUT2D eigenvalue weighted by atomic mass is 16.5. The molecular formula is C73H53N3O. The van der Waals surface area contributed by atoms with Crippen molar-refractivity contribution in [3.8, 4) is 22.6 Å². The van der Waals surface area contributed by atoms with E-state index in [1.807, 2.05) is 0 Å². The fourth-order valence-corrected chi connectivity index (χ4v) is 14.0. The van der Waals surface area contributed by atoms with Crippen molar-refractivity contribution in [2.24, 2.45) is 11.8 Å². The molecule has 0 bridgehead atoms. The lowest BCUT2D eigenvalue weighted by molar-refractivity contribution is 0.415. The van der Waals surface area contributed by atoms with Gasteiger partial charge in [0.05, 0.1) is 35.2 Å². The molecule has 0 saturated carbocycles. The highest BCUT2D eigenvalue weighted by molar-refractivity contribution is 6.26. The minimum atomic E-state index is -0.288. The van der Waals surface area contributed by atoms with Gasteiger partial charge in [0, 0.05) is 56.2 Å². The van der Waals surface area contributed by atoms with Gasteiger partial charge in [-0.25, -0.2) is 0 Å². The number of nitrogens with zero attached hydrogens (tertiary/aromatic N) is 3. The highest BCUT2D eigenvalue weighted by Crippen LogP contribution is 2.55. The molecule has 4 aliphatic carbocycles. The molecule has 77 heavy (non-hydrogen) atoms. The van der Waals surface area contributed by atoms with Crippen LogP contribution in [0, 0.1) is 18.8 Å². The Kier molecular flexibility index (Phi) is 9.31. The predicted molar refractivity (Wildman–Crippen MR) is 322 cm³/mol. The molecule has 1 aromatic heterocycles. The summed E-state index contributed by atoms with van der Waals surface area (Å²) in [6.07, 6.45) is 20.9. The van der Waals surface area contributed by atoms with Gasteiger partial charge in [-0.15, -0.1) is 0 Å². The van der Waals surface area contributed by atoms with Crippen LogP contribution in [0.3, 0.4) is 0 Å². The van der Waals surface area contributed by atoms with Crippen molar-refractivity contribution in [3.63, 3.8) is 0 Å². The third-order valence-electron chi connectivity index (χ3n) is 17.6. The third-order valence-corrected chi connectivity index (χ3v) is 17.6. The van der Waals surface area contributed by atoms with Gasteiger partial charge in [-0.05, 0) is 169 Å². The zero-order valence-electron chi connectivity index (χ0n) is 43.4. The minimum absolute atomic E-state index is 0.178. The monoisotopic (exact) mass is 987 g/mol. The quantitative estimate of drug-likeness (QED) is 0.142. The average Bonchev–Trinajstić information content (AvgIpc) is 3.95. The maximum absolute atomic E-state index is 5.85. The lowest BCUT2D eigenvalue weighted by Crippen LogP contribution is -2.32. The van der Waals surface area contributed by atoms with E-state index in [-0.39, 0.29) is 17.3 Å². The molecule has 2 atom stereocenters. The van der Waals surface area contributed by atoms with E-state index >= 15 is 0 Å². The van der Waals surface area contributed by atoms with E-state index in [4.69, 9.17) is 4.74 Å². The van der Waals surface area contributed by atoms with Crippen molar-refractivity contribution in [2.75, 3.05) is 16.9 Å². The predicted octanol–water partition coefficient (Wildman–Crippen LogP) is 18.9. The molecule has 2 heterocycles. The van der Waals surface area contributed by atoms with Crippen LogP contribution in [0.1, 0.15) is 30.5 Å². The number of hydrogen-bond donors (Lipinski definition) is 0. The number of para-hydroxylation sites is 2. The van der Waals surface area contributed by atoms with E-state index in [2.05, 4.69) is 272 Å². The Labute approximate surface area is 448 Å². The van der Waals surface area contributed by atoms with Crippen LogP contribution in [0.2, 0.25) is 0 Å². The molecule has 0 fully saturated rings. The summed E-state index contributed by atoms with van der Waals surface area (Å²) in [7, 11) is 1.75. The lowest BCUT2D eigenvalue weighted by Gasteiger charge is -2.43. The molecule has 4 heteroatoms. The number of methoxy groups -OCH3 is 1.